The number of nitrogens with zero attached hydrogens (tertiary/aromatic N) is 1. The maximum atomic E-state index is 12.1. The molecule has 1 aliphatic carbocycles. The molecule has 1 aromatic carbocycles. The molecular formula is C14H18BrNO. The summed E-state index contributed by atoms with van der Waals surface area (Å²) in [6.07, 6.45) is 2.30. The Morgan fingerprint density at radius 2 is 2.24 bits per heavy atom. The van der Waals surface area contributed by atoms with Gasteiger partial charge in [-0.3, -0.25) is 4.79 Å². The quantitative estimate of drug-likeness (QED) is 0.781. The summed E-state index contributed by atoms with van der Waals surface area (Å²) in [5.74, 6) is 0.203. The van der Waals surface area contributed by atoms with Gasteiger partial charge in [0.05, 0.1) is 4.83 Å². The molecule has 0 bridgehead atoms. The summed E-state index contributed by atoms with van der Waals surface area (Å²) in [5.41, 5.74) is 2.47. The molecule has 0 saturated heterocycles. The molecule has 1 fully saturated rings. The maximum Gasteiger partial charge on any atom is 0.236 e. The van der Waals surface area contributed by atoms with Crippen LogP contribution in [0.3, 0.4) is 0 Å². The molecule has 0 spiro atoms. The Morgan fingerprint density at radius 1 is 1.53 bits per heavy atom. The van der Waals surface area contributed by atoms with Crippen LogP contribution in [0.4, 0.5) is 0 Å². The van der Waals surface area contributed by atoms with Crippen molar-refractivity contribution in [2.24, 2.45) is 0 Å². The topological polar surface area (TPSA) is 20.3 Å². The van der Waals surface area contributed by atoms with E-state index in [9.17, 15) is 4.79 Å². The van der Waals surface area contributed by atoms with Gasteiger partial charge in [0.1, 0.15) is 0 Å². The van der Waals surface area contributed by atoms with Gasteiger partial charge in [0.2, 0.25) is 5.91 Å². The van der Waals surface area contributed by atoms with Crippen LogP contribution >= 0.6 is 15.9 Å². The number of benzene rings is 1. The van der Waals surface area contributed by atoms with Crippen molar-refractivity contribution in [3.63, 3.8) is 0 Å². The molecule has 0 heterocycles. The number of amides is 1. The Bertz CT molecular complexity index is 412. The summed E-state index contributed by atoms with van der Waals surface area (Å²) in [7, 11) is 0. The molecule has 1 saturated carbocycles. The van der Waals surface area contributed by atoms with Crippen molar-refractivity contribution in [3.05, 3.63) is 35.4 Å². The van der Waals surface area contributed by atoms with Gasteiger partial charge >= 0.3 is 0 Å². The van der Waals surface area contributed by atoms with Gasteiger partial charge in [-0.2, -0.15) is 0 Å². The van der Waals surface area contributed by atoms with E-state index < -0.39 is 0 Å². The van der Waals surface area contributed by atoms with E-state index in [4.69, 9.17) is 0 Å². The first-order valence-electron chi connectivity index (χ1n) is 6.08. The van der Waals surface area contributed by atoms with Crippen molar-refractivity contribution in [2.45, 2.75) is 44.1 Å². The molecule has 1 amide bonds. The zero-order chi connectivity index (χ0) is 12.4. The van der Waals surface area contributed by atoms with Crippen molar-refractivity contribution in [3.8, 4) is 0 Å². The SMILES string of the molecule is Cc1cccc(CN(C(=O)C(C)Br)C2CC2)c1. The minimum atomic E-state index is -0.0899. The summed E-state index contributed by atoms with van der Waals surface area (Å²) in [4.78, 5) is 14.0. The third-order valence-electron chi connectivity index (χ3n) is 3.05. The molecular weight excluding hydrogens is 278 g/mol. The smallest absolute Gasteiger partial charge is 0.236 e. The minimum absolute atomic E-state index is 0.0899. The lowest BCUT2D eigenvalue weighted by Crippen LogP contribution is -2.36. The van der Waals surface area contributed by atoms with E-state index in [0.717, 1.165) is 19.4 Å². The average Bonchev–Trinajstić information content (AvgIpc) is 3.09. The van der Waals surface area contributed by atoms with Crippen molar-refractivity contribution in [1.29, 1.82) is 0 Å². The van der Waals surface area contributed by atoms with Crippen LogP contribution in [0, 0.1) is 6.92 Å². The second-order valence-electron chi connectivity index (χ2n) is 4.80. The van der Waals surface area contributed by atoms with E-state index in [0.29, 0.717) is 6.04 Å². The van der Waals surface area contributed by atoms with Gasteiger partial charge in [-0.1, -0.05) is 45.8 Å². The fraction of sp³-hybridized carbons (Fsp3) is 0.500. The summed E-state index contributed by atoms with van der Waals surface area (Å²) in [5, 5.41) is 0. The lowest BCUT2D eigenvalue weighted by atomic mass is 10.1. The van der Waals surface area contributed by atoms with Gasteiger partial charge in [-0.15, -0.1) is 0 Å². The average molecular weight is 296 g/mol. The Balaban J connectivity index is 2.10. The fourth-order valence-corrected chi connectivity index (χ4v) is 2.27. The molecule has 2 nitrogen and oxygen atoms in total. The first kappa shape index (κ1) is 12.6. The number of carbonyl (C=O) groups excluding carboxylic acids is 1. The zero-order valence-corrected chi connectivity index (χ0v) is 11.9. The van der Waals surface area contributed by atoms with E-state index >= 15 is 0 Å². The first-order valence-corrected chi connectivity index (χ1v) is 6.99. The third kappa shape index (κ3) is 3.32. The molecule has 0 radical (unpaired) electrons. The summed E-state index contributed by atoms with van der Waals surface area (Å²) in [6, 6.07) is 8.84. The Hall–Kier alpha value is -0.830. The number of aryl methyl sites for hydroxylation is 1. The van der Waals surface area contributed by atoms with E-state index in [2.05, 4.69) is 47.1 Å². The number of hydrogen-bond donors (Lipinski definition) is 0. The molecule has 92 valence electrons. The van der Waals surface area contributed by atoms with E-state index in [1.807, 2.05) is 11.8 Å². The molecule has 2 rings (SSSR count). The molecule has 1 aliphatic rings. The predicted molar refractivity (Wildman–Crippen MR) is 73.1 cm³/mol. The minimum Gasteiger partial charge on any atom is -0.334 e. The highest BCUT2D eigenvalue weighted by molar-refractivity contribution is 9.10. The monoisotopic (exact) mass is 295 g/mol. The van der Waals surface area contributed by atoms with Crippen LogP contribution in [-0.4, -0.2) is 21.7 Å². The van der Waals surface area contributed by atoms with E-state index in [1.165, 1.54) is 11.1 Å². The molecule has 0 N–H and O–H groups in total. The maximum absolute atomic E-state index is 12.1. The van der Waals surface area contributed by atoms with Crippen LogP contribution < -0.4 is 0 Å². The van der Waals surface area contributed by atoms with Gasteiger partial charge < -0.3 is 4.90 Å². The van der Waals surface area contributed by atoms with Crippen LogP contribution in [-0.2, 0) is 11.3 Å². The van der Waals surface area contributed by atoms with Gasteiger partial charge in [0.25, 0.3) is 0 Å². The second-order valence-corrected chi connectivity index (χ2v) is 6.18. The molecule has 1 unspecified atom stereocenters. The molecule has 3 heteroatoms. The lowest BCUT2D eigenvalue weighted by molar-refractivity contribution is -0.131. The summed E-state index contributed by atoms with van der Waals surface area (Å²) < 4.78 is 0. The summed E-state index contributed by atoms with van der Waals surface area (Å²) in [6.45, 7) is 4.72. The van der Waals surface area contributed by atoms with Gasteiger partial charge in [0.15, 0.2) is 0 Å². The number of carbonyl (C=O) groups is 1. The van der Waals surface area contributed by atoms with Crippen molar-refractivity contribution in [2.75, 3.05) is 0 Å². The lowest BCUT2D eigenvalue weighted by Gasteiger charge is -2.24. The zero-order valence-electron chi connectivity index (χ0n) is 10.3. The molecule has 0 aromatic heterocycles. The van der Waals surface area contributed by atoms with Gasteiger partial charge in [-0.25, -0.2) is 0 Å². The van der Waals surface area contributed by atoms with Crippen molar-refractivity contribution < 1.29 is 4.79 Å². The van der Waals surface area contributed by atoms with Crippen LogP contribution in [0.15, 0.2) is 24.3 Å². The van der Waals surface area contributed by atoms with Crippen LogP contribution in [0.2, 0.25) is 0 Å². The number of halogens is 1. The van der Waals surface area contributed by atoms with Gasteiger partial charge in [-0.05, 0) is 32.3 Å². The Kier molecular flexibility index (Phi) is 3.87. The number of alkyl halides is 1. The predicted octanol–water partition coefficient (Wildman–Crippen LogP) is 3.27. The van der Waals surface area contributed by atoms with Gasteiger partial charge in [0, 0.05) is 12.6 Å². The molecule has 1 aromatic rings. The molecule has 17 heavy (non-hydrogen) atoms. The van der Waals surface area contributed by atoms with E-state index in [-0.39, 0.29) is 10.7 Å². The highest BCUT2D eigenvalue weighted by Crippen LogP contribution is 2.29. The van der Waals surface area contributed by atoms with Crippen LogP contribution in [0.5, 0.6) is 0 Å². The largest absolute Gasteiger partial charge is 0.334 e. The normalized spacial score (nSPS) is 16.6. The molecule has 0 aliphatic heterocycles. The standard InChI is InChI=1S/C14H18BrNO/c1-10-4-3-5-12(8-10)9-16(13-6-7-13)14(17)11(2)15/h3-5,8,11,13H,6-7,9H2,1-2H3. The van der Waals surface area contributed by atoms with Crippen molar-refractivity contribution >= 4 is 21.8 Å². The second kappa shape index (κ2) is 5.21. The number of rotatable bonds is 4. The van der Waals surface area contributed by atoms with Crippen molar-refractivity contribution in [1.82, 2.24) is 4.90 Å². The van der Waals surface area contributed by atoms with Crippen LogP contribution in [0.25, 0.3) is 0 Å². The Labute approximate surface area is 111 Å². The first-order chi connectivity index (χ1) is 8.08. The third-order valence-corrected chi connectivity index (χ3v) is 3.44. The Morgan fingerprint density at radius 3 is 2.76 bits per heavy atom. The van der Waals surface area contributed by atoms with E-state index in [1.54, 1.807) is 0 Å². The van der Waals surface area contributed by atoms with Crippen LogP contribution in [0.1, 0.15) is 30.9 Å². The molecule has 1 atom stereocenters. The fourth-order valence-electron chi connectivity index (χ4n) is 2.01. The summed E-state index contributed by atoms with van der Waals surface area (Å²) >= 11 is 3.37. The highest BCUT2D eigenvalue weighted by atomic mass is 79.9. The highest BCUT2D eigenvalue weighted by Gasteiger charge is 2.33. The number of hydrogen-bond acceptors (Lipinski definition) is 1.